The Kier molecular flexibility index (Phi) is 6.46. The van der Waals surface area contributed by atoms with Crippen LogP contribution in [0.5, 0.6) is 0 Å². The number of nitrogens with zero attached hydrogens (tertiary/aromatic N) is 1. The second kappa shape index (κ2) is 6.77. The highest BCUT2D eigenvalue weighted by Gasteiger charge is 2.36. The van der Waals surface area contributed by atoms with Crippen LogP contribution in [0.2, 0.25) is 6.04 Å². The van der Waals surface area contributed by atoms with Crippen LogP contribution in [0, 0.1) is 0 Å². The fourth-order valence-electron chi connectivity index (χ4n) is 1.06. The molecule has 0 bridgehead atoms. The third kappa shape index (κ3) is 4.56. The zero-order valence-electron chi connectivity index (χ0n) is 8.95. The quantitative estimate of drug-likeness (QED) is 0.262. The van der Waals surface area contributed by atoms with Gasteiger partial charge >= 0.3 is 8.80 Å². The van der Waals surface area contributed by atoms with Gasteiger partial charge in [0.1, 0.15) is 0 Å². The van der Waals surface area contributed by atoms with Gasteiger partial charge in [0.25, 0.3) is 0 Å². The zero-order chi connectivity index (χ0) is 11.0. The van der Waals surface area contributed by atoms with Crippen molar-refractivity contribution in [3.05, 3.63) is 0 Å². The fourth-order valence-corrected chi connectivity index (χ4v) is 2.76. The third-order valence-electron chi connectivity index (χ3n) is 1.87. The molecule has 6 nitrogen and oxygen atoms in total. The molecule has 0 spiro atoms. The second-order valence-corrected chi connectivity index (χ2v) is 5.80. The summed E-state index contributed by atoms with van der Waals surface area (Å²) in [6.07, 6.45) is 0.777. The maximum Gasteiger partial charge on any atom is 0.500 e. The van der Waals surface area contributed by atoms with Gasteiger partial charge in [0, 0.05) is 33.9 Å². The number of aliphatic imine (C=N–C) groups is 1. The van der Waals surface area contributed by atoms with E-state index >= 15 is 0 Å². The monoisotopic (exact) mass is 221 g/mol. The van der Waals surface area contributed by atoms with Crippen molar-refractivity contribution < 1.29 is 13.3 Å². The molecule has 0 amide bonds. The van der Waals surface area contributed by atoms with E-state index in [1.54, 1.807) is 21.3 Å². The second-order valence-electron chi connectivity index (χ2n) is 2.71. The Hall–Kier alpha value is -0.633. The SMILES string of the molecule is CO[Si](CCCN=C(N)N)(OC)OC. The van der Waals surface area contributed by atoms with E-state index in [-0.39, 0.29) is 5.96 Å². The first kappa shape index (κ1) is 13.4. The smallest absolute Gasteiger partial charge is 0.377 e. The molecule has 0 aliphatic heterocycles. The van der Waals surface area contributed by atoms with Gasteiger partial charge in [-0.25, -0.2) is 0 Å². The lowest BCUT2D eigenvalue weighted by Crippen LogP contribution is -2.42. The largest absolute Gasteiger partial charge is 0.500 e. The van der Waals surface area contributed by atoms with Crippen LogP contribution in [0.3, 0.4) is 0 Å². The van der Waals surface area contributed by atoms with Gasteiger partial charge in [-0.05, 0) is 6.42 Å². The highest BCUT2D eigenvalue weighted by Crippen LogP contribution is 2.14. The molecule has 0 rings (SSSR count). The fraction of sp³-hybridized carbons (Fsp3) is 0.857. The minimum atomic E-state index is -2.44. The van der Waals surface area contributed by atoms with Crippen molar-refractivity contribution in [2.24, 2.45) is 16.5 Å². The zero-order valence-corrected chi connectivity index (χ0v) is 9.95. The topological polar surface area (TPSA) is 92.1 Å². The van der Waals surface area contributed by atoms with E-state index in [1.165, 1.54) is 0 Å². The van der Waals surface area contributed by atoms with Crippen molar-refractivity contribution in [2.45, 2.75) is 12.5 Å². The van der Waals surface area contributed by atoms with Crippen molar-refractivity contribution in [1.29, 1.82) is 0 Å². The molecule has 0 heterocycles. The van der Waals surface area contributed by atoms with Crippen LogP contribution in [0.4, 0.5) is 0 Å². The standard InChI is InChI=1S/C7H19N3O3Si/c1-11-14(12-2,13-3)6-4-5-10-7(8)9/h4-6H2,1-3H3,(H4,8,9,10). The van der Waals surface area contributed by atoms with Crippen LogP contribution < -0.4 is 11.5 Å². The molecule has 7 heteroatoms. The van der Waals surface area contributed by atoms with Crippen LogP contribution in [0.15, 0.2) is 4.99 Å². The lowest BCUT2D eigenvalue weighted by molar-refractivity contribution is 0.123. The van der Waals surface area contributed by atoms with Crippen molar-refractivity contribution in [2.75, 3.05) is 27.9 Å². The van der Waals surface area contributed by atoms with E-state index in [1.807, 2.05) is 0 Å². The summed E-state index contributed by atoms with van der Waals surface area (Å²) in [5.74, 6) is 0.101. The first-order valence-electron chi connectivity index (χ1n) is 4.31. The Balaban J connectivity index is 3.89. The Morgan fingerprint density at radius 1 is 1.14 bits per heavy atom. The highest BCUT2D eigenvalue weighted by molar-refractivity contribution is 6.60. The molecule has 84 valence electrons. The molecule has 0 fully saturated rings. The summed E-state index contributed by atoms with van der Waals surface area (Å²) in [5.41, 5.74) is 10.4. The summed E-state index contributed by atoms with van der Waals surface area (Å²) in [4.78, 5) is 3.86. The molecule has 14 heavy (non-hydrogen) atoms. The molecule has 0 aliphatic rings. The molecular weight excluding hydrogens is 202 g/mol. The lowest BCUT2D eigenvalue weighted by Gasteiger charge is -2.23. The molecule has 0 unspecified atom stereocenters. The van der Waals surface area contributed by atoms with Crippen LogP contribution in [-0.4, -0.2) is 42.6 Å². The van der Waals surface area contributed by atoms with Gasteiger partial charge < -0.3 is 24.7 Å². The Morgan fingerprint density at radius 3 is 2.00 bits per heavy atom. The molecule has 4 N–H and O–H groups in total. The average molecular weight is 221 g/mol. The summed E-state index contributed by atoms with van der Waals surface area (Å²) in [7, 11) is 2.31. The third-order valence-corrected chi connectivity index (χ3v) is 4.70. The van der Waals surface area contributed by atoms with Crippen LogP contribution in [-0.2, 0) is 13.3 Å². The summed E-state index contributed by atoms with van der Waals surface area (Å²) < 4.78 is 15.7. The van der Waals surface area contributed by atoms with E-state index in [2.05, 4.69) is 4.99 Å². The predicted octanol–water partition coefficient (Wildman–Crippen LogP) is -0.472. The molecule has 0 saturated carbocycles. The lowest BCUT2D eigenvalue weighted by atomic mass is 10.5. The molecule has 0 aromatic heterocycles. The predicted molar refractivity (Wildman–Crippen MR) is 56.9 cm³/mol. The van der Waals surface area contributed by atoms with E-state index in [4.69, 9.17) is 24.7 Å². The summed E-state index contributed by atoms with van der Waals surface area (Å²) in [6.45, 7) is 0.563. The number of rotatable bonds is 7. The first-order chi connectivity index (χ1) is 6.60. The number of hydrogen-bond acceptors (Lipinski definition) is 4. The van der Waals surface area contributed by atoms with Crippen LogP contribution in [0.25, 0.3) is 0 Å². The van der Waals surface area contributed by atoms with Crippen molar-refractivity contribution in [3.8, 4) is 0 Å². The Bertz CT molecular complexity index is 173. The number of hydrogen-bond donors (Lipinski definition) is 2. The van der Waals surface area contributed by atoms with Crippen LogP contribution in [0.1, 0.15) is 6.42 Å². The minimum Gasteiger partial charge on any atom is -0.377 e. The van der Waals surface area contributed by atoms with Crippen molar-refractivity contribution in [1.82, 2.24) is 0 Å². The summed E-state index contributed by atoms with van der Waals surface area (Å²) in [6, 6.07) is 0.702. The van der Waals surface area contributed by atoms with Gasteiger partial charge in [-0.1, -0.05) is 0 Å². The van der Waals surface area contributed by atoms with Crippen molar-refractivity contribution in [3.63, 3.8) is 0 Å². The van der Waals surface area contributed by atoms with E-state index < -0.39 is 8.80 Å². The van der Waals surface area contributed by atoms with Gasteiger partial charge in [-0.15, -0.1) is 0 Å². The normalized spacial score (nSPS) is 11.4. The Morgan fingerprint density at radius 2 is 1.64 bits per heavy atom. The first-order valence-corrected chi connectivity index (χ1v) is 6.24. The molecule has 0 radical (unpaired) electrons. The van der Waals surface area contributed by atoms with Crippen LogP contribution >= 0.6 is 0 Å². The van der Waals surface area contributed by atoms with Gasteiger partial charge in [0.05, 0.1) is 0 Å². The van der Waals surface area contributed by atoms with Crippen molar-refractivity contribution >= 4 is 14.8 Å². The average Bonchev–Trinajstić information content (AvgIpc) is 2.19. The summed E-state index contributed by atoms with van der Waals surface area (Å²) >= 11 is 0. The maximum atomic E-state index is 5.23. The number of nitrogens with two attached hydrogens (primary N) is 2. The molecule has 0 aromatic carbocycles. The van der Waals surface area contributed by atoms with E-state index in [9.17, 15) is 0 Å². The van der Waals surface area contributed by atoms with E-state index in [0.29, 0.717) is 12.6 Å². The van der Waals surface area contributed by atoms with Gasteiger partial charge in [0.2, 0.25) is 0 Å². The number of guanidine groups is 1. The summed E-state index contributed by atoms with van der Waals surface area (Å²) in [5, 5.41) is 0. The molecule has 0 aliphatic carbocycles. The molecule has 0 atom stereocenters. The minimum absolute atomic E-state index is 0.101. The van der Waals surface area contributed by atoms with Gasteiger partial charge in [0.15, 0.2) is 5.96 Å². The maximum absolute atomic E-state index is 5.23. The van der Waals surface area contributed by atoms with Gasteiger partial charge in [-0.2, -0.15) is 0 Å². The Labute approximate surface area is 85.6 Å². The van der Waals surface area contributed by atoms with Gasteiger partial charge in [-0.3, -0.25) is 4.99 Å². The molecule has 0 saturated heterocycles. The van der Waals surface area contributed by atoms with E-state index in [0.717, 1.165) is 6.42 Å². The molecule has 0 aromatic rings. The molecular formula is C7H19N3O3Si. The highest BCUT2D eigenvalue weighted by atomic mass is 28.4.